The second-order valence-electron chi connectivity index (χ2n) is 3.41. The van der Waals surface area contributed by atoms with E-state index >= 15 is 0 Å². The van der Waals surface area contributed by atoms with Crippen molar-refractivity contribution in [3.05, 3.63) is 0 Å². The van der Waals surface area contributed by atoms with Crippen LogP contribution in [0.5, 0.6) is 0 Å². The van der Waals surface area contributed by atoms with Crippen LogP contribution in [0.1, 0.15) is 33.6 Å². The largest absolute Gasteiger partial charge is 0.464 e. The summed E-state index contributed by atoms with van der Waals surface area (Å²) < 4.78 is 0. The molecule has 0 fully saturated rings. The predicted octanol–water partition coefficient (Wildman–Crippen LogP) is 1.16. The maximum atomic E-state index is 8.82. The number of aliphatic hydroxyl groups excluding tert-OH is 1. The molecule has 0 amide bonds. The van der Waals surface area contributed by atoms with Gasteiger partial charge in [0.15, 0.2) is 0 Å². The molecule has 12 heavy (non-hydrogen) atoms. The number of rotatable bonds is 3. The number of hydrogen-bond donors (Lipinski definition) is 1. The highest BCUT2D eigenvalue weighted by molar-refractivity contribution is 5.64. The Morgan fingerprint density at radius 3 is 2.67 bits per heavy atom. The smallest absolute Gasteiger partial charge is 0.427 e. The van der Waals surface area contributed by atoms with Crippen LogP contribution in [0.4, 0.5) is 0 Å². The Balaban J connectivity index is 2.57. The van der Waals surface area contributed by atoms with Gasteiger partial charge in [-0.3, -0.25) is 0 Å². The lowest BCUT2D eigenvalue weighted by atomic mass is 10.00. The van der Waals surface area contributed by atoms with E-state index in [1.807, 2.05) is 13.8 Å². The molecule has 5 heteroatoms. The van der Waals surface area contributed by atoms with Crippen LogP contribution in [-0.4, -0.2) is 21.8 Å². The summed E-state index contributed by atoms with van der Waals surface area (Å²) in [6.45, 7) is 6.07. The van der Waals surface area contributed by atoms with Crippen LogP contribution in [0.3, 0.4) is 0 Å². The number of hydrogen-bond acceptors (Lipinski definition) is 3. The van der Waals surface area contributed by atoms with Gasteiger partial charge in [0.2, 0.25) is 0 Å². The molecule has 0 bridgehead atoms. The average molecular weight is 172 g/mol. The minimum atomic E-state index is -0.390. The third-order valence-corrected chi connectivity index (χ3v) is 1.78. The summed E-state index contributed by atoms with van der Waals surface area (Å²) in [5.74, 6) is 0. The van der Waals surface area contributed by atoms with Crippen LogP contribution in [0.2, 0.25) is 0 Å². The molecule has 0 saturated carbocycles. The number of hydrazone groups is 1. The molecular weight excluding hydrogens is 158 g/mol. The van der Waals surface area contributed by atoms with E-state index in [1.54, 1.807) is 0 Å². The highest BCUT2D eigenvalue weighted by Gasteiger charge is 2.31. The molecule has 5 nitrogen and oxygen atoms in total. The monoisotopic (exact) mass is 172 g/mol. The molecule has 0 unspecified atom stereocenters. The third kappa shape index (κ3) is 1.79. The van der Waals surface area contributed by atoms with Crippen molar-refractivity contribution < 1.29 is 9.94 Å². The van der Waals surface area contributed by atoms with Gasteiger partial charge >= 0.3 is 6.08 Å². The summed E-state index contributed by atoms with van der Waals surface area (Å²) in [6, 6.07) is 0. The molecule has 1 heterocycles. The maximum Gasteiger partial charge on any atom is 0.427 e. The van der Waals surface area contributed by atoms with Crippen LogP contribution in [0.15, 0.2) is 5.10 Å². The van der Waals surface area contributed by atoms with E-state index in [2.05, 4.69) is 22.5 Å². The lowest BCUT2D eigenvalue weighted by Crippen LogP contribution is -2.41. The van der Waals surface area contributed by atoms with E-state index < -0.39 is 0 Å². The Morgan fingerprint density at radius 1 is 1.58 bits per heavy atom. The van der Waals surface area contributed by atoms with E-state index in [-0.39, 0.29) is 11.6 Å². The Bertz CT molecular complexity index is 191. The van der Waals surface area contributed by atoms with E-state index in [4.69, 9.17) is 5.11 Å². The van der Waals surface area contributed by atoms with Crippen molar-refractivity contribution in [1.82, 2.24) is 10.7 Å². The van der Waals surface area contributed by atoms with Crippen molar-refractivity contribution in [3.8, 4) is 0 Å². The molecule has 0 atom stereocenters. The number of aliphatic hydroxyl groups is 1. The van der Waals surface area contributed by atoms with Crippen LogP contribution < -0.4 is 5.59 Å². The standard InChI is InChI=1S/C7H14N3O2/c1-4-5-7(2,3)10-8-6(11)12-9-10/h4-5H2,1-3H3,(H,8,11). The van der Waals surface area contributed by atoms with Crippen LogP contribution in [0.25, 0.3) is 0 Å². The lowest BCUT2D eigenvalue weighted by Gasteiger charge is -2.28. The maximum absolute atomic E-state index is 8.82. The van der Waals surface area contributed by atoms with Gasteiger partial charge < -0.3 is 9.94 Å². The summed E-state index contributed by atoms with van der Waals surface area (Å²) in [5, 5.41) is 13.9. The molecule has 1 aliphatic rings. The van der Waals surface area contributed by atoms with Gasteiger partial charge in [-0.15, -0.1) is 0 Å². The minimum absolute atomic E-state index is 0.195. The van der Waals surface area contributed by atoms with Gasteiger partial charge in [0, 0.05) is 0 Å². The SMILES string of the molecule is CCCC(C)(C)N1[N]OC(O)=N1. The topological polar surface area (TPSA) is 59.2 Å². The Kier molecular flexibility index (Phi) is 2.42. The first-order valence-electron chi connectivity index (χ1n) is 4.02. The molecule has 0 aromatic heterocycles. The Hall–Kier alpha value is -0.970. The molecule has 1 rings (SSSR count). The third-order valence-electron chi connectivity index (χ3n) is 1.78. The first-order chi connectivity index (χ1) is 5.56. The van der Waals surface area contributed by atoms with Crippen molar-refractivity contribution in [2.45, 2.75) is 39.2 Å². The molecule has 0 aliphatic carbocycles. The minimum Gasteiger partial charge on any atom is -0.464 e. The molecule has 1 radical (unpaired) electrons. The fourth-order valence-electron chi connectivity index (χ4n) is 1.15. The second-order valence-corrected chi connectivity index (χ2v) is 3.41. The van der Waals surface area contributed by atoms with Crippen molar-refractivity contribution in [3.63, 3.8) is 0 Å². The molecule has 0 spiro atoms. The van der Waals surface area contributed by atoms with Gasteiger partial charge in [-0.1, -0.05) is 18.4 Å². The zero-order valence-corrected chi connectivity index (χ0v) is 7.61. The van der Waals surface area contributed by atoms with Gasteiger partial charge in [0.25, 0.3) is 0 Å². The molecule has 0 saturated heterocycles. The molecule has 69 valence electrons. The second kappa shape index (κ2) is 3.18. The summed E-state index contributed by atoms with van der Waals surface area (Å²) in [4.78, 5) is 4.45. The lowest BCUT2D eigenvalue weighted by molar-refractivity contribution is -0.0513. The van der Waals surface area contributed by atoms with E-state index in [1.165, 1.54) is 5.12 Å². The number of nitrogens with zero attached hydrogens (tertiary/aromatic N) is 3. The molecule has 0 aromatic carbocycles. The van der Waals surface area contributed by atoms with E-state index in [0.717, 1.165) is 12.8 Å². The van der Waals surface area contributed by atoms with Crippen LogP contribution in [-0.2, 0) is 4.84 Å². The highest BCUT2D eigenvalue weighted by atomic mass is 16.8. The first-order valence-corrected chi connectivity index (χ1v) is 4.02. The normalized spacial score (nSPS) is 17.6. The van der Waals surface area contributed by atoms with Gasteiger partial charge in [-0.2, -0.15) is 5.12 Å². The average Bonchev–Trinajstić information content (AvgIpc) is 2.36. The first kappa shape index (κ1) is 9.12. The van der Waals surface area contributed by atoms with Gasteiger partial charge in [-0.25, -0.2) is 0 Å². The zero-order chi connectivity index (χ0) is 9.19. The van der Waals surface area contributed by atoms with Gasteiger partial charge in [0.1, 0.15) is 5.59 Å². The molecule has 1 aliphatic heterocycles. The highest BCUT2D eigenvalue weighted by Crippen LogP contribution is 2.21. The van der Waals surface area contributed by atoms with Crippen molar-refractivity contribution in [2.24, 2.45) is 5.10 Å². The fraction of sp³-hybridized carbons (Fsp3) is 0.857. The van der Waals surface area contributed by atoms with Crippen LogP contribution >= 0.6 is 0 Å². The quantitative estimate of drug-likeness (QED) is 0.695. The summed E-state index contributed by atoms with van der Waals surface area (Å²) in [5.41, 5.74) is 3.39. The fourth-order valence-corrected chi connectivity index (χ4v) is 1.15. The van der Waals surface area contributed by atoms with Gasteiger partial charge in [0.05, 0.1) is 5.54 Å². The van der Waals surface area contributed by atoms with Crippen LogP contribution in [0, 0.1) is 0 Å². The summed E-state index contributed by atoms with van der Waals surface area (Å²) in [6.07, 6.45) is 1.59. The Labute approximate surface area is 71.9 Å². The van der Waals surface area contributed by atoms with Crippen molar-refractivity contribution >= 4 is 6.08 Å². The summed E-state index contributed by atoms with van der Waals surface area (Å²) in [7, 11) is 0. The summed E-state index contributed by atoms with van der Waals surface area (Å²) >= 11 is 0. The zero-order valence-electron chi connectivity index (χ0n) is 7.61. The van der Waals surface area contributed by atoms with Crippen molar-refractivity contribution in [2.75, 3.05) is 0 Å². The van der Waals surface area contributed by atoms with E-state index in [0.29, 0.717) is 0 Å². The predicted molar refractivity (Wildman–Crippen MR) is 44.1 cm³/mol. The molecule has 1 N–H and O–H groups in total. The molecular formula is C7H14N3O2. The van der Waals surface area contributed by atoms with Gasteiger partial charge in [-0.05, 0) is 20.3 Å². The Morgan fingerprint density at radius 2 is 2.25 bits per heavy atom. The van der Waals surface area contributed by atoms with E-state index in [9.17, 15) is 0 Å². The molecule has 0 aromatic rings. The van der Waals surface area contributed by atoms with Crippen molar-refractivity contribution in [1.29, 1.82) is 0 Å².